The molecule has 0 aliphatic heterocycles. The summed E-state index contributed by atoms with van der Waals surface area (Å²) in [5.74, 6) is -0.733. The van der Waals surface area contributed by atoms with Crippen LogP contribution in [0.5, 0.6) is 0 Å². The number of rotatable bonds is 4. The third-order valence-corrected chi connectivity index (χ3v) is 2.66. The molecule has 0 radical (unpaired) electrons. The molecule has 1 unspecified atom stereocenters. The molecular weight excluding hydrogens is 220 g/mol. The van der Waals surface area contributed by atoms with Crippen molar-refractivity contribution in [3.8, 4) is 0 Å². The molecule has 3 N–H and O–H groups in total. The summed E-state index contributed by atoms with van der Waals surface area (Å²) in [6, 6.07) is 5.85. The lowest BCUT2D eigenvalue weighted by molar-refractivity contribution is 0.0682. The number of aliphatic hydroxyl groups is 1. The minimum absolute atomic E-state index is 0.0956. The summed E-state index contributed by atoms with van der Waals surface area (Å²) >= 11 is 0. The second kappa shape index (κ2) is 5.45. The number of nitrogens with two attached hydrogens (primary N) is 1. The van der Waals surface area contributed by atoms with Gasteiger partial charge in [-0.25, -0.2) is 0 Å². The van der Waals surface area contributed by atoms with E-state index in [1.165, 1.54) is 17.0 Å². The molecule has 5 nitrogen and oxygen atoms in total. The van der Waals surface area contributed by atoms with Crippen LogP contribution in [-0.4, -0.2) is 41.5 Å². The van der Waals surface area contributed by atoms with Crippen LogP contribution in [0.2, 0.25) is 0 Å². The first-order valence-corrected chi connectivity index (χ1v) is 5.25. The first kappa shape index (κ1) is 13.2. The third-order valence-electron chi connectivity index (χ3n) is 2.66. The van der Waals surface area contributed by atoms with E-state index in [9.17, 15) is 9.59 Å². The molecule has 0 aromatic heterocycles. The zero-order valence-electron chi connectivity index (χ0n) is 9.88. The van der Waals surface area contributed by atoms with Crippen molar-refractivity contribution in [3.05, 3.63) is 35.4 Å². The molecule has 0 aliphatic carbocycles. The van der Waals surface area contributed by atoms with Crippen molar-refractivity contribution in [1.29, 1.82) is 0 Å². The van der Waals surface area contributed by atoms with E-state index in [0.717, 1.165) is 0 Å². The Kier molecular flexibility index (Phi) is 4.23. The average Bonchev–Trinajstić information content (AvgIpc) is 2.36. The Bertz CT molecular complexity index is 414. The van der Waals surface area contributed by atoms with Gasteiger partial charge < -0.3 is 15.7 Å². The summed E-state index contributed by atoms with van der Waals surface area (Å²) in [7, 11) is 1.62. The van der Waals surface area contributed by atoms with E-state index < -0.39 is 5.91 Å². The molecule has 0 saturated heterocycles. The molecule has 1 rings (SSSR count). The van der Waals surface area contributed by atoms with Crippen molar-refractivity contribution < 1.29 is 14.7 Å². The number of hydrogen-bond donors (Lipinski definition) is 2. The van der Waals surface area contributed by atoms with Crippen LogP contribution in [0, 0.1) is 0 Å². The van der Waals surface area contributed by atoms with Crippen molar-refractivity contribution in [2.75, 3.05) is 13.7 Å². The van der Waals surface area contributed by atoms with Gasteiger partial charge in [0.25, 0.3) is 5.91 Å². The first-order chi connectivity index (χ1) is 7.97. The van der Waals surface area contributed by atoms with Gasteiger partial charge in [-0.1, -0.05) is 0 Å². The molecule has 1 atom stereocenters. The Labute approximate surface area is 99.8 Å². The Morgan fingerprint density at radius 1 is 1.29 bits per heavy atom. The Morgan fingerprint density at radius 2 is 1.76 bits per heavy atom. The highest BCUT2D eigenvalue weighted by atomic mass is 16.3. The van der Waals surface area contributed by atoms with Gasteiger partial charge in [0.1, 0.15) is 0 Å². The van der Waals surface area contributed by atoms with Crippen LogP contribution in [0.15, 0.2) is 24.3 Å². The average molecular weight is 236 g/mol. The van der Waals surface area contributed by atoms with Crippen molar-refractivity contribution in [2.45, 2.75) is 13.0 Å². The molecule has 0 heterocycles. The van der Waals surface area contributed by atoms with Crippen molar-refractivity contribution >= 4 is 11.8 Å². The summed E-state index contributed by atoms with van der Waals surface area (Å²) in [5.41, 5.74) is 5.92. The van der Waals surface area contributed by atoms with Crippen LogP contribution in [0.25, 0.3) is 0 Å². The van der Waals surface area contributed by atoms with Gasteiger partial charge in [-0.3, -0.25) is 9.59 Å². The van der Waals surface area contributed by atoms with Crippen LogP contribution in [0.3, 0.4) is 0 Å². The number of benzene rings is 1. The minimum atomic E-state index is -0.527. The van der Waals surface area contributed by atoms with Crippen LogP contribution in [0.1, 0.15) is 27.6 Å². The van der Waals surface area contributed by atoms with Gasteiger partial charge in [0, 0.05) is 18.2 Å². The predicted molar refractivity (Wildman–Crippen MR) is 63.6 cm³/mol. The maximum Gasteiger partial charge on any atom is 0.253 e. The smallest absolute Gasteiger partial charge is 0.253 e. The number of carbonyl (C=O) groups excluding carboxylic acids is 2. The number of hydrogen-bond acceptors (Lipinski definition) is 3. The molecule has 0 spiro atoms. The second-order valence-electron chi connectivity index (χ2n) is 3.89. The van der Waals surface area contributed by atoms with E-state index in [1.54, 1.807) is 26.1 Å². The van der Waals surface area contributed by atoms with Gasteiger partial charge in [-0.15, -0.1) is 0 Å². The lowest BCUT2D eigenvalue weighted by Crippen LogP contribution is -2.37. The van der Waals surface area contributed by atoms with Crippen LogP contribution in [-0.2, 0) is 0 Å². The Morgan fingerprint density at radius 3 is 2.18 bits per heavy atom. The standard InChI is InChI=1S/C12H16N2O3/c1-8(7-15)14(2)12(17)10-5-3-9(4-6-10)11(13)16/h3-6,8,15H,7H2,1-2H3,(H2,13,16). The molecule has 1 aromatic carbocycles. The van der Waals surface area contributed by atoms with E-state index in [2.05, 4.69) is 0 Å². The summed E-state index contributed by atoms with van der Waals surface area (Å²) in [5, 5.41) is 8.96. The van der Waals surface area contributed by atoms with Crippen molar-refractivity contribution in [1.82, 2.24) is 4.90 Å². The Hall–Kier alpha value is -1.88. The number of nitrogens with zero attached hydrogens (tertiary/aromatic N) is 1. The quantitative estimate of drug-likeness (QED) is 0.785. The molecule has 2 amide bonds. The summed E-state index contributed by atoms with van der Waals surface area (Å²) in [6.45, 7) is 1.65. The number of carbonyl (C=O) groups is 2. The third kappa shape index (κ3) is 3.04. The fourth-order valence-electron chi connectivity index (χ4n) is 1.30. The molecule has 1 aromatic rings. The summed E-state index contributed by atoms with van der Waals surface area (Å²) in [4.78, 5) is 24.2. The lowest BCUT2D eigenvalue weighted by Gasteiger charge is -2.23. The predicted octanol–water partition coefficient (Wildman–Crippen LogP) is 0.238. The van der Waals surface area contributed by atoms with Gasteiger partial charge in [0.15, 0.2) is 0 Å². The van der Waals surface area contributed by atoms with E-state index in [1.807, 2.05) is 0 Å². The highest BCUT2D eigenvalue weighted by Gasteiger charge is 2.16. The molecule has 0 fully saturated rings. The molecule has 17 heavy (non-hydrogen) atoms. The molecule has 5 heteroatoms. The van der Waals surface area contributed by atoms with Gasteiger partial charge in [0.2, 0.25) is 5.91 Å². The van der Waals surface area contributed by atoms with Gasteiger partial charge >= 0.3 is 0 Å². The SMILES string of the molecule is CC(CO)N(C)C(=O)c1ccc(C(N)=O)cc1. The molecule has 0 bridgehead atoms. The van der Waals surface area contributed by atoms with E-state index in [-0.39, 0.29) is 18.6 Å². The number of aliphatic hydroxyl groups excluding tert-OH is 1. The van der Waals surface area contributed by atoms with Gasteiger partial charge in [-0.2, -0.15) is 0 Å². The Balaban J connectivity index is 2.86. The number of likely N-dealkylation sites (N-methyl/N-ethyl adjacent to an activating group) is 1. The van der Waals surface area contributed by atoms with E-state index in [4.69, 9.17) is 10.8 Å². The maximum atomic E-state index is 11.9. The van der Waals surface area contributed by atoms with E-state index in [0.29, 0.717) is 11.1 Å². The second-order valence-corrected chi connectivity index (χ2v) is 3.89. The summed E-state index contributed by atoms with van der Waals surface area (Å²) < 4.78 is 0. The van der Waals surface area contributed by atoms with E-state index >= 15 is 0 Å². The van der Waals surface area contributed by atoms with Crippen LogP contribution < -0.4 is 5.73 Å². The van der Waals surface area contributed by atoms with Crippen LogP contribution >= 0.6 is 0 Å². The van der Waals surface area contributed by atoms with Gasteiger partial charge in [0.05, 0.1) is 12.6 Å². The fourth-order valence-corrected chi connectivity index (χ4v) is 1.30. The fraction of sp³-hybridized carbons (Fsp3) is 0.333. The zero-order valence-corrected chi connectivity index (χ0v) is 9.88. The highest BCUT2D eigenvalue weighted by Crippen LogP contribution is 2.08. The minimum Gasteiger partial charge on any atom is -0.394 e. The molecule has 0 saturated carbocycles. The largest absolute Gasteiger partial charge is 0.394 e. The molecular formula is C12H16N2O3. The monoisotopic (exact) mass is 236 g/mol. The highest BCUT2D eigenvalue weighted by molar-refractivity contribution is 5.97. The first-order valence-electron chi connectivity index (χ1n) is 5.25. The topological polar surface area (TPSA) is 83.6 Å². The van der Waals surface area contributed by atoms with Crippen molar-refractivity contribution in [2.24, 2.45) is 5.73 Å². The van der Waals surface area contributed by atoms with Crippen molar-refractivity contribution in [3.63, 3.8) is 0 Å². The number of amides is 2. The summed E-state index contributed by atoms with van der Waals surface area (Å²) in [6.07, 6.45) is 0. The zero-order chi connectivity index (χ0) is 13.0. The van der Waals surface area contributed by atoms with Gasteiger partial charge in [-0.05, 0) is 31.2 Å². The molecule has 0 aliphatic rings. The normalized spacial score (nSPS) is 11.9. The molecule has 92 valence electrons. The van der Waals surface area contributed by atoms with Crippen LogP contribution in [0.4, 0.5) is 0 Å². The maximum absolute atomic E-state index is 11.9. The lowest BCUT2D eigenvalue weighted by atomic mass is 10.1. The number of primary amides is 1.